The van der Waals surface area contributed by atoms with Crippen LogP contribution in [0.4, 0.5) is 15.8 Å². The van der Waals surface area contributed by atoms with Crippen molar-refractivity contribution in [3.05, 3.63) is 94.3 Å². The number of hydrogen-bond acceptors (Lipinski definition) is 3. The number of benzene rings is 3. The van der Waals surface area contributed by atoms with Gasteiger partial charge in [0.15, 0.2) is 0 Å². The quantitative estimate of drug-likeness (QED) is 0.252. The molecule has 0 atom stereocenters. The fraction of sp³-hybridized carbons (Fsp3) is 0.148. The standard InChI is InChI=1S/C27H24BrFN4O3/c1-2-3-4-17-5-10-21(11-6-17)31-26(35)27(36)32-33-23-14-7-19(28)15-18(23)16-24(33)25(34)30-22-12-8-20(29)9-13-22/h5-16H,2-4H2,1H3,(H,30,34)(H,31,35)(H,32,36). The van der Waals surface area contributed by atoms with E-state index in [0.29, 0.717) is 22.3 Å². The molecule has 0 aliphatic carbocycles. The minimum absolute atomic E-state index is 0.0915. The third-order valence-corrected chi connectivity index (χ3v) is 6.04. The van der Waals surface area contributed by atoms with Gasteiger partial charge in [-0.05, 0) is 79.1 Å². The van der Waals surface area contributed by atoms with Gasteiger partial charge < -0.3 is 10.6 Å². The number of nitrogens with one attached hydrogen (secondary N) is 3. The van der Waals surface area contributed by atoms with Crippen molar-refractivity contribution in [1.82, 2.24) is 4.68 Å². The van der Waals surface area contributed by atoms with Crippen LogP contribution in [0.5, 0.6) is 0 Å². The monoisotopic (exact) mass is 550 g/mol. The maximum absolute atomic E-state index is 13.2. The number of fused-ring (bicyclic) bond motifs is 1. The first kappa shape index (κ1) is 25.1. The van der Waals surface area contributed by atoms with Crippen LogP contribution in [0.25, 0.3) is 10.9 Å². The van der Waals surface area contributed by atoms with Crippen molar-refractivity contribution in [2.45, 2.75) is 26.2 Å². The molecule has 0 aliphatic heterocycles. The summed E-state index contributed by atoms with van der Waals surface area (Å²) < 4.78 is 15.3. The smallest absolute Gasteiger partial charge is 0.321 e. The molecular formula is C27H24BrFN4O3. The van der Waals surface area contributed by atoms with Crippen LogP contribution in [0.2, 0.25) is 0 Å². The summed E-state index contributed by atoms with van der Waals surface area (Å²) in [6.07, 6.45) is 3.12. The van der Waals surface area contributed by atoms with E-state index >= 15 is 0 Å². The number of unbranched alkanes of at least 4 members (excludes halogenated alkanes) is 1. The van der Waals surface area contributed by atoms with Gasteiger partial charge in [-0.1, -0.05) is 41.4 Å². The highest BCUT2D eigenvalue weighted by molar-refractivity contribution is 9.10. The minimum Gasteiger partial charge on any atom is -0.321 e. The Morgan fingerprint density at radius 3 is 2.22 bits per heavy atom. The number of anilines is 2. The van der Waals surface area contributed by atoms with Crippen molar-refractivity contribution < 1.29 is 18.8 Å². The number of halogens is 2. The van der Waals surface area contributed by atoms with Gasteiger partial charge in [0.2, 0.25) is 0 Å². The molecule has 1 heterocycles. The number of hydrogen-bond donors (Lipinski definition) is 3. The molecule has 0 saturated heterocycles. The van der Waals surface area contributed by atoms with Crippen molar-refractivity contribution in [2.24, 2.45) is 0 Å². The lowest BCUT2D eigenvalue weighted by Gasteiger charge is -2.13. The van der Waals surface area contributed by atoms with Gasteiger partial charge in [0.25, 0.3) is 5.91 Å². The largest absolute Gasteiger partial charge is 0.328 e. The third-order valence-electron chi connectivity index (χ3n) is 5.55. The maximum Gasteiger partial charge on any atom is 0.328 e. The second-order valence-electron chi connectivity index (χ2n) is 8.22. The minimum atomic E-state index is -0.943. The van der Waals surface area contributed by atoms with Crippen LogP contribution < -0.4 is 16.1 Å². The molecule has 1 aromatic heterocycles. The molecular weight excluding hydrogens is 527 g/mol. The summed E-state index contributed by atoms with van der Waals surface area (Å²) in [6.45, 7) is 2.12. The number of amides is 3. The van der Waals surface area contributed by atoms with Crippen LogP contribution in [-0.4, -0.2) is 22.4 Å². The maximum atomic E-state index is 13.2. The van der Waals surface area contributed by atoms with Crippen molar-refractivity contribution in [2.75, 3.05) is 16.1 Å². The number of carbonyl (C=O) groups is 3. The zero-order valence-electron chi connectivity index (χ0n) is 19.5. The molecule has 36 heavy (non-hydrogen) atoms. The Morgan fingerprint density at radius 2 is 1.53 bits per heavy atom. The van der Waals surface area contributed by atoms with Crippen LogP contribution in [0.1, 0.15) is 35.8 Å². The molecule has 0 spiro atoms. The second kappa shape index (κ2) is 11.2. The van der Waals surface area contributed by atoms with Crippen LogP contribution in [-0.2, 0) is 16.0 Å². The molecule has 184 valence electrons. The highest BCUT2D eigenvalue weighted by Crippen LogP contribution is 2.24. The van der Waals surface area contributed by atoms with Crippen molar-refractivity contribution in [1.29, 1.82) is 0 Å². The summed E-state index contributed by atoms with van der Waals surface area (Å²) in [4.78, 5) is 38.4. The summed E-state index contributed by atoms with van der Waals surface area (Å²) >= 11 is 3.40. The van der Waals surface area contributed by atoms with Crippen molar-refractivity contribution >= 4 is 55.9 Å². The first-order valence-corrected chi connectivity index (χ1v) is 12.2. The predicted molar refractivity (Wildman–Crippen MR) is 142 cm³/mol. The number of aryl methyl sites for hydroxylation is 1. The van der Waals surface area contributed by atoms with E-state index in [1.165, 1.54) is 28.9 Å². The summed E-state index contributed by atoms with van der Waals surface area (Å²) in [7, 11) is 0. The fourth-order valence-corrected chi connectivity index (χ4v) is 4.06. The highest BCUT2D eigenvalue weighted by Gasteiger charge is 2.21. The van der Waals surface area contributed by atoms with E-state index in [1.54, 1.807) is 36.4 Å². The molecule has 3 aromatic carbocycles. The Labute approximate surface area is 215 Å². The van der Waals surface area contributed by atoms with E-state index in [0.717, 1.165) is 29.3 Å². The number of aromatic nitrogens is 1. The average Bonchev–Trinajstić information content (AvgIpc) is 3.22. The average molecular weight is 551 g/mol. The Kier molecular flexibility index (Phi) is 7.80. The molecule has 0 fully saturated rings. The lowest BCUT2D eigenvalue weighted by Crippen LogP contribution is -2.36. The lowest BCUT2D eigenvalue weighted by molar-refractivity contribution is -0.133. The van der Waals surface area contributed by atoms with Crippen molar-refractivity contribution in [3.8, 4) is 0 Å². The van der Waals surface area contributed by atoms with E-state index < -0.39 is 23.5 Å². The molecule has 9 heteroatoms. The van der Waals surface area contributed by atoms with E-state index in [2.05, 4.69) is 38.9 Å². The normalized spacial score (nSPS) is 10.8. The van der Waals surface area contributed by atoms with Gasteiger partial charge in [0.1, 0.15) is 11.5 Å². The summed E-state index contributed by atoms with van der Waals surface area (Å²) in [6, 6.07) is 19.5. The Hall–Kier alpha value is -3.98. The van der Waals surface area contributed by atoms with Gasteiger partial charge in [-0.15, -0.1) is 0 Å². The fourth-order valence-electron chi connectivity index (χ4n) is 3.68. The van der Waals surface area contributed by atoms with Gasteiger partial charge in [0.05, 0.1) is 5.52 Å². The second-order valence-corrected chi connectivity index (χ2v) is 9.14. The number of nitrogens with zero attached hydrogens (tertiary/aromatic N) is 1. The number of carbonyl (C=O) groups excluding carboxylic acids is 3. The molecule has 4 rings (SSSR count). The first-order valence-electron chi connectivity index (χ1n) is 11.4. The van der Waals surface area contributed by atoms with Crippen LogP contribution in [0.15, 0.2) is 77.3 Å². The molecule has 0 saturated carbocycles. The Morgan fingerprint density at radius 1 is 0.861 bits per heavy atom. The molecule has 3 amide bonds. The van der Waals surface area contributed by atoms with E-state index in [1.807, 2.05) is 12.1 Å². The van der Waals surface area contributed by atoms with E-state index in [4.69, 9.17) is 0 Å². The lowest BCUT2D eigenvalue weighted by atomic mass is 10.1. The summed E-state index contributed by atoms with van der Waals surface area (Å²) in [5.74, 6) is -2.79. The zero-order chi connectivity index (χ0) is 25.7. The number of rotatable bonds is 7. The summed E-state index contributed by atoms with van der Waals surface area (Å²) in [5.41, 5.74) is 5.15. The van der Waals surface area contributed by atoms with Crippen LogP contribution in [0, 0.1) is 5.82 Å². The van der Waals surface area contributed by atoms with E-state index in [-0.39, 0.29) is 5.69 Å². The molecule has 0 radical (unpaired) electrons. The predicted octanol–water partition coefficient (Wildman–Crippen LogP) is 5.85. The molecule has 4 aromatic rings. The van der Waals surface area contributed by atoms with Crippen LogP contribution in [0.3, 0.4) is 0 Å². The molecule has 7 nitrogen and oxygen atoms in total. The molecule has 3 N–H and O–H groups in total. The molecule has 0 bridgehead atoms. The Balaban J connectivity index is 1.54. The Bertz CT molecular complexity index is 1420. The van der Waals surface area contributed by atoms with Gasteiger partial charge in [-0.3, -0.25) is 19.8 Å². The van der Waals surface area contributed by atoms with Crippen LogP contribution >= 0.6 is 15.9 Å². The van der Waals surface area contributed by atoms with Crippen molar-refractivity contribution in [3.63, 3.8) is 0 Å². The molecule has 0 aliphatic rings. The topological polar surface area (TPSA) is 92.2 Å². The first-order chi connectivity index (χ1) is 17.3. The van der Waals surface area contributed by atoms with Gasteiger partial charge in [0, 0.05) is 21.2 Å². The zero-order valence-corrected chi connectivity index (χ0v) is 21.1. The van der Waals surface area contributed by atoms with Gasteiger partial charge in [-0.25, -0.2) is 9.07 Å². The third kappa shape index (κ3) is 5.98. The van der Waals surface area contributed by atoms with Gasteiger partial charge >= 0.3 is 11.8 Å². The summed E-state index contributed by atoms with van der Waals surface area (Å²) in [5, 5.41) is 5.92. The van der Waals surface area contributed by atoms with E-state index in [9.17, 15) is 18.8 Å². The molecule has 0 unspecified atom stereocenters. The highest BCUT2D eigenvalue weighted by atomic mass is 79.9. The SMILES string of the molecule is CCCCc1ccc(NC(=O)C(=O)Nn2c(C(=O)Nc3ccc(F)cc3)cc3cc(Br)ccc32)cc1. The van der Waals surface area contributed by atoms with Gasteiger partial charge in [-0.2, -0.15) is 0 Å².